The molecule has 112 valence electrons. The summed E-state index contributed by atoms with van der Waals surface area (Å²) in [4.78, 5) is 0. The van der Waals surface area contributed by atoms with Crippen LogP contribution in [-0.2, 0) is 6.54 Å². The minimum absolute atomic E-state index is 0.199. The molecule has 0 bridgehead atoms. The number of hydrogen-bond donors (Lipinski definition) is 1. The zero-order valence-corrected chi connectivity index (χ0v) is 12.2. The van der Waals surface area contributed by atoms with Crippen LogP contribution in [0.2, 0.25) is 0 Å². The normalized spacial score (nSPS) is 26.8. The molecule has 0 atom stereocenters. The predicted octanol–water partition coefficient (Wildman–Crippen LogP) is 4.35. The van der Waals surface area contributed by atoms with Crippen LogP contribution >= 0.6 is 0 Å². The van der Waals surface area contributed by atoms with Crippen molar-refractivity contribution in [1.29, 1.82) is 0 Å². The van der Waals surface area contributed by atoms with Gasteiger partial charge in [0.15, 0.2) is 0 Å². The van der Waals surface area contributed by atoms with E-state index < -0.39 is 6.61 Å². The molecule has 2 nitrogen and oxygen atoms in total. The molecule has 0 amide bonds. The highest BCUT2D eigenvalue weighted by molar-refractivity contribution is 5.27. The minimum Gasteiger partial charge on any atom is -0.435 e. The van der Waals surface area contributed by atoms with E-state index in [9.17, 15) is 8.78 Å². The molecule has 2 rings (SSSR count). The van der Waals surface area contributed by atoms with E-state index in [2.05, 4.69) is 23.9 Å². The summed E-state index contributed by atoms with van der Waals surface area (Å²) in [7, 11) is 0. The maximum Gasteiger partial charge on any atom is 0.387 e. The van der Waals surface area contributed by atoms with Crippen molar-refractivity contribution in [1.82, 2.24) is 5.32 Å². The molecule has 1 N–H and O–H groups in total. The van der Waals surface area contributed by atoms with E-state index in [1.54, 1.807) is 12.1 Å². The molecule has 0 heterocycles. The first-order chi connectivity index (χ1) is 9.47. The van der Waals surface area contributed by atoms with Gasteiger partial charge in [-0.05, 0) is 56.2 Å². The van der Waals surface area contributed by atoms with Crippen LogP contribution in [0.4, 0.5) is 8.78 Å². The second-order valence-electron chi connectivity index (χ2n) is 6.12. The van der Waals surface area contributed by atoms with Crippen molar-refractivity contribution < 1.29 is 13.5 Å². The highest BCUT2D eigenvalue weighted by Gasteiger charge is 2.28. The lowest BCUT2D eigenvalue weighted by Gasteiger charge is -2.37. The van der Waals surface area contributed by atoms with Gasteiger partial charge in [0.25, 0.3) is 0 Å². The second-order valence-corrected chi connectivity index (χ2v) is 6.12. The largest absolute Gasteiger partial charge is 0.435 e. The van der Waals surface area contributed by atoms with Crippen molar-refractivity contribution in [3.05, 3.63) is 29.8 Å². The van der Waals surface area contributed by atoms with E-state index in [0.717, 1.165) is 18.0 Å². The third-order valence-corrected chi connectivity index (χ3v) is 4.25. The highest BCUT2D eigenvalue weighted by atomic mass is 19.3. The molecular weight excluding hydrogens is 260 g/mol. The van der Waals surface area contributed by atoms with Crippen molar-refractivity contribution in [3.8, 4) is 5.75 Å². The minimum atomic E-state index is -2.76. The van der Waals surface area contributed by atoms with Gasteiger partial charge in [0, 0.05) is 12.1 Å². The highest BCUT2D eigenvalue weighted by Crippen LogP contribution is 2.31. The number of alkyl halides is 2. The maximum atomic E-state index is 12.1. The van der Waals surface area contributed by atoms with Crippen molar-refractivity contribution in [2.45, 2.75) is 58.2 Å². The van der Waals surface area contributed by atoms with Gasteiger partial charge >= 0.3 is 6.61 Å². The van der Waals surface area contributed by atoms with E-state index in [1.165, 1.54) is 25.7 Å². The first kappa shape index (κ1) is 15.2. The predicted molar refractivity (Wildman–Crippen MR) is 76.0 cm³/mol. The van der Waals surface area contributed by atoms with E-state index in [0.29, 0.717) is 0 Å². The molecular formula is C16H23F2NO. The standard InChI is InChI=1S/C16H23F2NO/c1-12-7-9-16(2,10-8-12)19-11-13-3-5-14(6-4-13)20-15(17)18/h3-6,12,15,19H,7-11H2,1-2H3. The summed E-state index contributed by atoms with van der Waals surface area (Å²) >= 11 is 0. The van der Waals surface area contributed by atoms with Crippen LogP contribution < -0.4 is 10.1 Å². The molecule has 0 aliphatic heterocycles. The van der Waals surface area contributed by atoms with Gasteiger partial charge < -0.3 is 10.1 Å². The summed E-state index contributed by atoms with van der Waals surface area (Å²) in [5.41, 5.74) is 1.29. The molecule has 1 aromatic rings. The molecule has 4 heteroatoms. The average molecular weight is 283 g/mol. The molecule has 1 aliphatic rings. The van der Waals surface area contributed by atoms with E-state index in [4.69, 9.17) is 0 Å². The number of halogens is 2. The summed E-state index contributed by atoms with van der Waals surface area (Å²) in [6, 6.07) is 6.85. The van der Waals surface area contributed by atoms with Crippen LogP contribution in [0.3, 0.4) is 0 Å². The van der Waals surface area contributed by atoms with Gasteiger partial charge in [-0.15, -0.1) is 0 Å². The van der Waals surface area contributed by atoms with Gasteiger partial charge in [0.05, 0.1) is 0 Å². The van der Waals surface area contributed by atoms with Crippen LogP contribution in [0.5, 0.6) is 5.75 Å². The van der Waals surface area contributed by atoms with Crippen LogP contribution in [0, 0.1) is 5.92 Å². The number of rotatable bonds is 5. The maximum absolute atomic E-state index is 12.1. The van der Waals surface area contributed by atoms with Crippen LogP contribution in [0.25, 0.3) is 0 Å². The molecule has 1 fully saturated rings. The van der Waals surface area contributed by atoms with E-state index >= 15 is 0 Å². The molecule has 0 aromatic heterocycles. The zero-order chi connectivity index (χ0) is 14.6. The third kappa shape index (κ3) is 4.44. The topological polar surface area (TPSA) is 21.3 Å². The zero-order valence-electron chi connectivity index (χ0n) is 12.2. The average Bonchev–Trinajstić information content (AvgIpc) is 2.41. The van der Waals surface area contributed by atoms with Gasteiger partial charge in [-0.3, -0.25) is 0 Å². The van der Waals surface area contributed by atoms with Gasteiger partial charge in [-0.2, -0.15) is 8.78 Å². The Morgan fingerprint density at radius 2 is 1.85 bits per heavy atom. The fourth-order valence-electron chi connectivity index (χ4n) is 2.68. The van der Waals surface area contributed by atoms with Gasteiger partial charge in [-0.1, -0.05) is 19.1 Å². The van der Waals surface area contributed by atoms with Crippen molar-refractivity contribution in [2.75, 3.05) is 0 Å². The Balaban J connectivity index is 1.84. The first-order valence-electron chi connectivity index (χ1n) is 7.26. The van der Waals surface area contributed by atoms with Crippen molar-refractivity contribution >= 4 is 0 Å². The second kappa shape index (κ2) is 6.53. The Labute approximate surface area is 119 Å². The van der Waals surface area contributed by atoms with E-state index in [1.807, 2.05) is 12.1 Å². The Bertz CT molecular complexity index is 411. The molecule has 1 aromatic carbocycles. The first-order valence-corrected chi connectivity index (χ1v) is 7.26. The smallest absolute Gasteiger partial charge is 0.387 e. The molecule has 1 saturated carbocycles. The number of hydrogen-bond acceptors (Lipinski definition) is 2. The number of nitrogens with one attached hydrogen (secondary N) is 1. The van der Waals surface area contributed by atoms with Crippen LogP contribution in [-0.4, -0.2) is 12.2 Å². The van der Waals surface area contributed by atoms with Crippen LogP contribution in [0.1, 0.15) is 45.1 Å². The molecule has 0 spiro atoms. The summed E-state index contributed by atoms with van der Waals surface area (Å²) < 4.78 is 28.5. The van der Waals surface area contributed by atoms with Gasteiger partial charge in [0.1, 0.15) is 5.75 Å². The van der Waals surface area contributed by atoms with Crippen molar-refractivity contribution in [2.24, 2.45) is 5.92 Å². The quantitative estimate of drug-likeness (QED) is 0.867. The Kier molecular flexibility index (Phi) is 4.97. The Morgan fingerprint density at radius 1 is 1.25 bits per heavy atom. The lowest BCUT2D eigenvalue weighted by atomic mass is 9.78. The summed E-state index contributed by atoms with van der Waals surface area (Å²) in [6.07, 6.45) is 4.93. The fraction of sp³-hybridized carbons (Fsp3) is 0.625. The Hall–Kier alpha value is -1.16. The lowest BCUT2D eigenvalue weighted by molar-refractivity contribution is -0.0498. The fourth-order valence-corrected chi connectivity index (χ4v) is 2.68. The number of ether oxygens (including phenoxy) is 1. The van der Waals surface area contributed by atoms with Gasteiger partial charge in [0.2, 0.25) is 0 Å². The molecule has 1 aliphatic carbocycles. The van der Waals surface area contributed by atoms with Crippen molar-refractivity contribution in [3.63, 3.8) is 0 Å². The lowest BCUT2D eigenvalue weighted by Crippen LogP contribution is -2.44. The third-order valence-electron chi connectivity index (χ3n) is 4.25. The Morgan fingerprint density at radius 3 is 2.40 bits per heavy atom. The SMILES string of the molecule is CC1CCC(C)(NCc2ccc(OC(F)F)cc2)CC1. The summed E-state index contributed by atoms with van der Waals surface area (Å²) in [6.45, 7) is 2.58. The number of benzene rings is 1. The molecule has 0 unspecified atom stereocenters. The van der Waals surface area contributed by atoms with Crippen LogP contribution in [0.15, 0.2) is 24.3 Å². The van der Waals surface area contributed by atoms with E-state index in [-0.39, 0.29) is 11.3 Å². The molecule has 0 radical (unpaired) electrons. The summed E-state index contributed by atoms with van der Waals surface area (Å²) in [5.74, 6) is 1.04. The molecule has 0 saturated heterocycles. The monoisotopic (exact) mass is 283 g/mol. The summed E-state index contributed by atoms with van der Waals surface area (Å²) in [5, 5.41) is 3.61. The van der Waals surface area contributed by atoms with Gasteiger partial charge in [-0.25, -0.2) is 0 Å². The molecule has 20 heavy (non-hydrogen) atoms.